The zero-order chi connectivity index (χ0) is 24.8. The number of aryl methyl sites for hydroxylation is 1. The van der Waals surface area contributed by atoms with E-state index >= 15 is 0 Å². The molecule has 182 valence electrons. The fourth-order valence-electron chi connectivity index (χ4n) is 3.26. The molecule has 12 heteroatoms. The lowest BCUT2D eigenvalue weighted by Gasteiger charge is -2.17. The number of nitrogens with zero attached hydrogens (tertiary/aromatic N) is 4. The van der Waals surface area contributed by atoms with Crippen LogP contribution in [0.25, 0.3) is 5.82 Å². The Balaban J connectivity index is 1.96. The normalized spacial score (nSPS) is 12.2. The summed E-state index contributed by atoms with van der Waals surface area (Å²) in [5.41, 5.74) is 5.61. The Morgan fingerprint density at radius 1 is 1.21 bits per heavy atom. The number of amides is 1. The molecule has 9 nitrogen and oxygen atoms in total. The predicted octanol–water partition coefficient (Wildman–Crippen LogP) is 2.56. The van der Waals surface area contributed by atoms with Crippen molar-refractivity contribution in [3.8, 4) is 11.7 Å². The minimum atomic E-state index is -3.17. The molecular weight excluding hydrogens is 455 g/mol. The van der Waals surface area contributed by atoms with E-state index in [1.54, 1.807) is 6.92 Å². The Kier molecular flexibility index (Phi) is 8.05. The molecule has 0 saturated heterocycles. The van der Waals surface area contributed by atoms with Gasteiger partial charge in [0.05, 0.1) is 6.61 Å². The highest BCUT2D eigenvalue weighted by Crippen LogP contribution is 2.24. The third-order valence-corrected chi connectivity index (χ3v) is 4.93. The van der Waals surface area contributed by atoms with Gasteiger partial charge >= 0.3 is 5.69 Å². The van der Waals surface area contributed by atoms with Crippen LogP contribution in [0.3, 0.4) is 0 Å². The van der Waals surface area contributed by atoms with Crippen LogP contribution in [-0.2, 0) is 24.5 Å². The standard InChI is InChI=1S/C22H24F3N5O4/c1-3-29-17(12-33-11-14-7-5-4-6-8-14)28-30(22(29)32)16-9-13(2)18(20(26)31)21(27-16)34-15(10-23)19(24)25/h4-9,15,19H,3,10-12H2,1-2H3,(H2,26,31). The van der Waals surface area contributed by atoms with Crippen LogP contribution in [0.15, 0.2) is 41.2 Å². The van der Waals surface area contributed by atoms with Gasteiger partial charge in [-0.15, -0.1) is 5.10 Å². The summed E-state index contributed by atoms with van der Waals surface area (Å²) in [5, 5.41) is 4.26. The topological polar surface area (TPSA) is 114 Å². The van der Waals surface area contributed by atoms with E-state index < -0.39 is 36.7 Å². The van der Waals surface area contributed by atoms with Crippen molar-refractivity contribution in [3.05, 3.63) is 69.4 Å². The van der Waals surface area contributed by atoms with E-state index in [-0.39, 0.29) is 30.1 Å². The second-order valence-electron chi connectivity index (χ2n) is 7.32. The molecule has 2 heterocycles. The Morgan fingerprint density at radius 3 is 2.50 bits per heavy atom. The molecule has 0 bridgehead atoms. The van der Waals surface area contributed by atoms with Gasteiger partial charge in [0.1, 0.15) is 18.8 Å². The molecule has 0 aliphatic rings. The Hall–Kier alpha value is -3.67. The van der Waals surface area contributed by atoms with Gasteiger partial charge in [0, 0.05) is 6.54 Å². The van der Waals surface area contributed by atoms with Crippen molar-refractivity contribution in [3.63, 3.8) is 0 Å². The number of aromatic nitrogens is 4. The van der Waals surface area contributed by atoms with Crippen molar-refractivity contribution in [2.75, 3.05) is 6.67 Å². The van der Waals surface area contributed by atoms with Crippen LogP contribution in [0.2, 0.25) is 0 Å². The average Bonchev–Trinajstić information content (AvgIpc) is 3.12. The lowest BCUT2D eigenvalue weighted by atomic mass is 10.1. The first-order valence-corrected chi connectivity index (χ1v) is 10.4. The number of rotatable bonds is 11. The summed E-state index contributed by atoms with van der Waals surface area (Å²) in [4.78, 5) is 28.8. The number of ether oxygens (including phenoxy) is 2. The molecule has 1 amide bonds. The van der Waals surface area contributed by atoms with E-state index in [9.17, 15) is 22.8 Å². The number of alkyl halides is 3. The van der Waals surface area contributed by atoms with Crippen molar-refractivity contribution >= 4 is 5.91 Å². The zero-order valence-electron chi connectivity index (χ0n) is 18.6. The summed E-state index contributed by atoms with van der Waals surface area (Å²) in [6, 6.07) is 10.8. The first kappa shape index (κ1) is 25.0. The molecule has 34 heavy (non-hydrogen) atoms. The van der Waals surface area contributed by atoms with Crippen molar-refractivity contribution in [2.24, 2.45) is 5.73 Å². The van der Waals surface area contributed by atoms with E-state index in [1.807, 2.05) is 30.3 Å². The molecule has 3 aromatic rings. The lowest BCUT2D eigenvalue weighted by Crippen LogP contribution is -2.30. The second-order valence-corrected chi connectivity index (χ2v) is 7.32. The summed E-state index contributed by atoms with van der Waals surface area (Å²) in [7, 11) is 0. The first-order chi connectivity index (χ1) is 16.3. The predicted molar refractivity (Wildman–Crippen MR) is 116 cm³/mol. The third kappa shape index (κ3) is 5.45. The average molecular weight is 479 g/mol. The summed E-state index contributed by atoms with van der Waals surface area (Å²) in [5.74, 6) is -1.41. The van der Waals surface area contributed by atoms with Gasteiger partial charge in [0.25, 0.3) is 12.3 Å². The number of benzene rings is 1. The SMILES string of the molecule is CCn1c(COCc2ccccc2)nn(-c2cc(C)c(C(N)=O)c(OC(CF)C(F)F)n2)c1=O. The smallest absolute Gasteiger partial charge is 0.352 e. The molecule has 0 radical (unpaired) electrons. The maximum Gasteiger partial charge on any atom is 0.352 e. The first-order valence-electron chi connectivity index (χ1n) is 10.4. The number of carbonyl (C=O) groups excluding carboxylic acids is 1. The summed E-state index contributed by atoms with van der Waals surface area (Å²) < 4.78 is 52.1. The maximum absolute atomic E-state index is 13.1. The molecule has 2 aromatic heterocycles. The maximum atomic E-state index is 13.1. The molecular formula is C22H24F3N5O4. The number of hydrogen-bond donors (Lipinski definition) is 1. The summed E-state index contributed by atoms with van der Waals surface area (Å²) in [6.45, 7) is 2.27. The number of primary amides is 1. The summed E-state index contributed by atoms with van der Waals surface area (Å²) in [6.07, 6.45) is -5.33. The molecule has 0 fully saturated rings. The quantitative estimate of drug-likeness (QED) is 0.452. The van der Waals surface area contributed by atoms with Crippen molar-refractivity contribution in [1.29, 1.82) is 0 Å². The van der Waals surface area contributed by atoms with Gasteiger partial charge in [-0.05, 0) is 31.0 Å². The highest BCUT2D eigenvalue weighted by Gasteiger charge is 2.27. The van der Waals surface area contributed by atoms with Crippen LogP contribution in [0, 0.1) is 6.92 Å². The Bertz CT molecular complexity index is 1200. The molecule has 1 unspecified atom stereocenters. The van der Waals surface area contributed by atoms with Crippen LogP contribution < -0.4 is 16.2 Å². The molecule has 3 rings (SSSR count). The Labute approximate surface area is 192 Å². The highest BCUT2D eigenvalue weighted by molar-refractivity contribution is 5.96. The molecule has 1 atom stereocenters. The number of halogens is 3. The fourth-order valence-corrected chi connectivity index (χ4v) is 3.26. The second kappa shape index (κ2) is 11.0. The molecule has 1 aromatic carbocycles. The number of nitrogens with two attached hydrogens (primary N) is 1. The van der Waals surface area contributed by atoms with Gasteiger partial charge in [-0.2, -0.15) is 9.67 Å². The fraction of sp³-hybridized carbons (Fsp3) is 0.364. The van der Waals surface area contributed by atoms with Gasteiger partial charge < -0.3 is 15.2 Å². The van der Waals surface area contributed by atoms with E-state index in [0.717, 1.165) is 10.2 Å². The monoisotopic (exact) mass is 479 g/mol. The van der Waals surface area contributed by atoms with Crippen LogP contribution in [0.1, 0.15) is 34.2 Å². The molecule has 0 aliphatic carbocycles. The van der Waals surface area contributed by atoms with Gasteiger partial charge in [0.2, 0.25) is 5.88 Å². The van der Waals surface area contributed by atoms with E-state index in [0.29, 0.717) is 12.4 Å². The van der Waals surface area contributed by atoms with Gasteiger partial charge in [-0.25, -0.2) is 18.0 Å². The van der Waals surface area contributed by atoms with Crippen molar-refractivity contribution in [1.82, 2.24) is 19.3 Å². The van der Waals surface area contributed by atoms with Gasteiger partial charge in [-0.1, -0.05) is 30.3 Å². The third-order valence-electron chi connectivity index (χ3n) is 4.93. The van der Waals surface area contributed by atoms with Crippen LogP contribution in [-0.4, -0.2) is 44.4 Å². The summed E-state index contributed by atoms with van der Waals surface area (Å²) >= 11 is 0. The molecule has 0 saturated carbocycles. The zero-order valence-corrected chi connectivity index (χ0v) is 18.6. The van der Waals surface area contributed by atoms with Gasteiger partial charge in [0.15, 0.2) is 17.7 Å². The highest BCUT2D eigenvalue weighted by atomic mass is 19.3. The van der Waals surface area contributed by atoms with Crippen LogP contribution in [0.4, 0.5) is 13.2 Å². The van der Waals surface area contributed by atoms with Crippen molar-refractivity contribution in [2.45, 2.75) is 46.1 Å². The van der Waals surface area contributed by atoms with E-state index in [2.05, 4.69) is 10.1 Å². The lowest BCUT2D eigenvalue weighted by molar-refractivity contribution is -0.00398. The molecule has 0 spiro atoms. The minimum absolute atomic E-state index is 0.0159. The number of pyridine rings is 1. The van der Waals surface area contributed by atoms with Gasteiger partial charge in [-0.3, -0.25) is 9.36 Å². The number of hydrogen-bond acceptors (Lipinski definition) is 6. The Morgan fingerprint density at radius 2 is 1.91 bits per heavy atom. The minimum Gasteiger partial charge on any atom is -0.465 e. The molecule has 0 aliphatic heterocycles. The van der Waals surface area contributed by atoms with Crippen LogP contribution >= 0.6 is 0 Å². The van der Waals surface area contributed by atoms with Crippen molar-refractivity contribution < 1.29 is 27.4 Å². The largest absolute Gasteiger partial charge is 0.465 e. The number of carbonyl (C=O) groups is 1. The molecule has 2 N–H and O–H groups in total. The van der Waals surface area contributed by atoms with E-state index in [4.69, 9.17) is 15.2 Å². The van der Waals surface area contributed by atoms with Crippen LogP contribution in [0.5, 0.6) is 5.88 Å². The van der Waals surface area contributed by atoms with E-state index in [1.165, 1.54) is 17.6 Å².